The second-order valence-corrected chi connectivity index (χ2v) is 4.16. The average Bonchev–Trinajstić information content (AvgIpc) is 2.22. The Bertz CT molecular complexity index is 296. The summed E-state index contributed by atoms with van der Waals surface area (Å²) in [7, 11) is 0. The van der Waals surface area contributed by atoms with Gasteiger partial charge in [-0.2, -0.15) is 0 Å². The van der Waals surface area contributed by atoms with E-state index >= 15 is 0 Å². The molecule has 5 nitrogen and oxygen atoms in total. The highest BCUT2D eigenvalue weighted by molar-refractivity contribution is 5.86. The highest BCUT2D eigenvalue weighted by atomic mass is 16.8. The summed E-state index contributed by atoms with van der Waals surface area (Å²) in [6.07, 6.45) is 0.824. The summed E-state index contributed by atoms with van der Waals surface area (Å²) in [5.41, 5.74) is 0.361. The molecule has 0 N–H and O–H groups in total. The first-order valence-corrected chi connectivity index (χ1v) is 5.69. The third-order valence-corrected chi connectivity index (χ3v) is 1.83. The van der Waals surface area contributed by atoms with E-state index in [2.05, 4.69) is 13.2 Å². The van der Waals surface area contributed by atoms with Gasteiger partial charge in [0.1, 0.15) is 6.61 Å². The average molecular weight is 258 g/mol. The Morgan fingerprint density at radius 2 is 2.00 bits per heavy atom. The van der Waals surface area contributed by atoms with Crippen LogP contribution in [0.15, 0.2) is 25.0 Å². The van der Waals surface area contributed by atoms with Crippen molar-refractivity contribution in [1.29, 1.82) is 0 Å². The highest BCUT2D eigenvalue weighted by Gasteiger charge is 2.22. The highest BCUT2D eigenvalue weighted by Crippen LogP contribution is 2.14. The quantitative estimate of drug-likeness (QED) is 0.209. The maximum absolute atomic E-state index is 11.1. The van der Waals surface area contributed by atoms with Crippen LogP contribution < -0.4 is 0 Å². The van der Waals surface area contributed by atoms with Crippen LogP contribution in [0.5, 0.6) is 0 Å². The summed E-state index contributed by atoms with van der Waals surface area (Å²) in [4.78, 5) is 11.1. The monoisotopic (exact) mass is 258 g/mol. The standard InChI is InChI=1S/C13H22O5/c1-7-17-13(5,6)18-11(4)15-8-9-16-12(14)10(2)3/h7,11H,1-2,8-9H2,3-6H3. The molecule has 1 unspecified atom stereocenters. The third kappa shape index (κ3) is 7.86. The van der Waals surface area contributed by atoms with Crippen LogP contribution in [0, 0.1) is 0 Å². The molecule has 0 radical (unpaired) electrons. The van der Waals surface area contributed by atoms with Crippen molar-refractivity contribution in [1.82, 2.24) is 0 Å². The Morgan fingerprint density at radius 3 is 2.50 bits per heavy atom. The molecule has 0 rings (SSSR count). The van der Waals surface area contributed by atoms with Crippen LogP contribution >= 0.6 is 0 Å². The SMILES string of the molecule is C=COC(C)(C)OC(C)OCCOC(=O)C(=C)C. The zero-order valence-corrected chi connectivity index (χ0v) is 11.5. The first-order chi connectivity index (χ1) is 8.28. The molecule has 0 aromatic carbocycles. The van der Waals surface area contributed by atoms with Crippen LogP contribution in [-0.4, -0.2) is 31.3 Å². The van der Waals surface area contributed by atoms with Gasteiger partial charge in [0.2, 0.25) is 5.79 Å². The first kappa shape index (κ1) is 16.7. The van der Waals surface area contributed by atoms with Crippen molar-refractivity contribution in [2.45, 2.75) is 39.8 Å². The number of carbonyl (C=O) groups is 1. The van der Waals surface area contributed by atoms with E-state index in [4.69, 9.17) is 18.9 Å². The molecule has 0 aliphatic rings. The number of esters is 1. The molecule has 0 spiro atoms. The van der Waals surface area contributed by atoms with Gasteiger partial charge in [0, 0.05) is 19.4 Å². The summed E-state index contributed by atoms with van der Waals surface area (Å²) in [5, 5.41) is 0. The number of hydrogen-bond donors (Lipinski definition) is 0. The van der Waals surface area contributed by atoms with Gasteiger partial charge in [-0.1, -0.05) is 13.2 Å². The largest absolute Gasteiger partial charge is 0.471 e. The summed E-state index contributed by atoms with van der Waals surface area (Å²) in [6.45, 7) is 14.1. The van der Waals surface area contributed by atoms with Gasteiger partial charge in [0.05, 0.1) is 12.9 Å². The maximum atomic E-state index is 11.1. The molecule has 18 heavy (non-hydrogen) atoms. The molecule has 0 aliphatic heterocycles. The predicted molar refractivity (Wildman–Crippen MR) is 67.6 cm³/mol. The molecule has 104 valence electrons. The normalized spacial score (nSPS) is 12.7. The fraction of sp³-hybridized carbons (Fsp3) is 0.615. The molecule has 0 aromatic rings. The number of hydrogen-bond acceptors (Lipinski definition) is 5. The first-order valence-electron chi connectivity index (χ1n) is 5.69. The van der Waals surface area contributed by atoms with E-state index in [1.807, 2.05) is 0 Å². The van der Waals surface area contributed by atoms with Crippen molar-refractivity contribution in [3.63, 3.8) is 0 Å². The molecule has 0 heterocycles. The van der Waals surface area contributed by atoms with Crippen molar-refractivity contribution in [2.75, 3.05) is 13.2 Å². The van der Waals surface area contributed by atoms with Gasteiger partial charge < -0.3 is 18.9 Å². The number of rotatable bonds is 9. The van der Waals surface area contributed by atoms with Crippen LogP contribution in [0.25, 0.3) is 0 Å². The topological polar surface area (TPSA) is 54.0 Å². The molecule has 0 saturated carbocycles. The lowest BCUT2D eigenvalue weighted by Gasteiger charge is -2.28. The van der Waals surface area contributed by atoms with Crippen LogP contribution in [0.4, 0.5) is 0 Å². The fourth-order valence-corrected chi connectivity index (χ4v) is 1.13. The Balaban J connectivity index is 3.77. The Morgan fingerprint density at radius 1 is 1.39 bits per heavy atom. The van der Waals surface area contributed by atoms with Gasteiger partial charge in [-0.05, 0) is 13.8 Å². The third-order valence-electron chi connectivity index (χ3n) is 1.83. The summed E-state index contributed by atoms with van der Waals surface area (Å²) in [5.74, 6) is -1.24. The van der Waals surface area contributed by atoms with Gasteiger partial charge in [-0.3, -0.25) is 0 Å². The van der Waals surface area contributed by atoms with Gasteiger partial charge >= 0.3 is 5.97 Å². The van der Waals surface area contributed by atoms with E-state index in [1.54, 1.807) is 27.7 Å². The second kappa shape index (κ2) is 7.89. The van der Waals surface area contributed by atoms with Crippen molar-refractivity contribution < 1.29 is 23.7 Å². The minimum atomic E-state index is -0.810. The maximum Gasteiger partial charge on any atom is 0.333 e. The molecular weight excluding hydrogens is 236 g/mol. The molecule has 0 saturated heterocycles. The second-order valence-electron chi connectivity index (χ2n) is 4.16. The molecule has 1 atom stereocenters. The summed E-state index contributed by atoms with van der Waals surface area (Å²) < 4.78 is 20.8. The van der Waals surface area contributed by atoms with E-state index in [0.29, 0.717) is 5.57 Å². The van der Waals surface area contributed by atoms with Gasteiger partial charge in [-0.25, -0.2) is 4.79 Å². The van der Waals surface area contributed by atoms with Crippen molar-refractivity contribution in [2.24, 2.45) is 0 Å². The van der Waals surface area contributed by atoms with E-state index in [0.717, 1.165) is 0 Å². The van der Waals surface area contributed by atoms with Gasteiger partial charge in [-0.15, -0.1) is 0 Å². The van der Waals surface area contributed by atoms with Crippen molar-refractivity contribution in [3.05, 3.63) is 25.0 Å². The molecule has 5 heteroatoms. The van der Waals surface area contributed by atoms with Crippen LogP contribution in [0.2, 0.25) is 0 Å². The zero-order chi connectivity index (χ0) is 14.2. The summed E-state index contributed by atoms with van der Waals surface area (Å²) in [6, 6.07) is 0. The molecule has 0 bridgehead atoms. The van der Waals surface area contributed by atoms with Crippen LogP contribution in [0.1, 0.15) is 27.7 Å². The smallest absolute Gasteiger partial charge is 0.333 e. The predicted octanol–water partition coefficient (Wildman–Crippen LogP) is 2.38. The van der Waals surface area contributed by atoms with Crippen molar-refractivity contribution >= 4 is 5.97 Å². The van der Waals surface area contributed by atoms with E-state index in [1.165, 1.54) is 6.26 Å². The lowest BCUT2D eigenvalue weighted by molar-refractivity contribution is -0.271. The lowest BCUT2D eigenvalue weighted by Crippen LogP contribution is -2.32. The molecule has 0 amide bonds. The molecule has 0 aromatic heterocycles. The van der Waals surface area contributed by atoms with E-state index < -0.39 is 18.0 Å². The van der Waals surface area contributed by atoms with Gasteiger partial charge in [0.15, 0.2) is 6.29 Å². The Hall–Kier alpha value is -1.33. The molecule has 0 aliphatic carbocycles. The Kier molecular flexibility index (Phi) is 7.31. The van der Waals surface area contributed by atoms with Crippen LogP contribution in [0.3, 0.4) is 0 Å². The minimum Gasteiger partial charge on any atom is -0.471 e. The molecule has 0 fully saturated rings. The Labute approximate surface area is 108 Å². The van der Waals surface area contributed by atoms with Crippen molar-refractivity contribution in [3.8, 4) is 0 Å². The molecular formula is C13H22O5. The van der Waals surface area contributed by atoms with E-state index in [9.17, 15) is 4.79 Å². The van der Waals surface area contributed by atoms with Crippen LogP contribution in [-0.2, 0) is 23.7 Å². The van der Waals surface area contributed by atoms with Gasteiger partial charge in [0.25, 0.3) is 0 Å². The fourth-order valence-electron chi connectivity index (χ4n) is 1.13. The van der Waals surface area contributed by atoms with E-state index in [-0.39, 0.29) is 13.2 Å². The minimum absolute atomic E-state index is 0.155. The number of ether oxygens (including phenoxy) is 4. The summed E-state index contributed by atoms with van der Waals surface area (Å²) >= 11 is 0. The number of carbonyl (C=O) groups excluding carboxylic acids is 1. The lowest BCUT2D eigenvalue weighted by atomic mass is 10.4. The zero-order valence-electron chi connectivity index (χ0n) is 11.5.